The van der Waals surface area contributed by atoms with Gasteiger partial charge in [0, 0.05) is 23.7 Å². The molecule has 0 amide bonds. The molecule has 0 bridgehead atoms. The monoisotopic (exact) mass is 1060 g/mol. The van der Waals surface area contributed by atoms with Gasteiger partial charge in [0.15, 0.2) is 0 Å². The van der Waals surface area contributed by atoms with Crippen molar-refractivity contribution >= 4 is 0 Å². The Morgan fingerprint density at radius 3 is 0.859 bits per heavy atom. The van der Waals surface area contributed by atoms with E-state index in [9.17, 15) is 26.3 Å². The van der Waals surface area contributed by atoms with E-state index in [1.807, 2.05) is 36.4 Å². The molecule has 0 aliphatic heterocycles. The Hall–Kier alpha value is -6.82. The van der Waals surface area contributed by atoms with Crippen LogP contribution in [0.3, 0.4) is 0 Å². The molecule has 3 unspecified atom stereocenters. The highest BCUT2D eigenvalue weighted by Crippen LogP contribution is 2.41. The fourth-order valence-electron chi connectivity index (χ4n) is 12.6. The van der Waals surface area contributed by atoms with E-state index in [1.165, 1.54) is 52.1 Å². The first-order chi connectivity index (χ1) is 38.0. The second-order valence-electron chi connectivity index (χ2n) is 20.9. The Morgan fingerprint density at radius 1 is 0.269 bits per heavy atom. The summed E-state index contributed by atoms with van der Waals surface area (Å²) in [5, 5.41) is 0. The van der Waals surface area contributed by atoms with Crippen LogP contribution in [0.5, 0.6) is 0 Å². The van der Waals surface area contributed by atoms with Crippen LogP contribution in [0.4, 0.5) is 26.3 Å². The highest BCUT2D eigenvalue weighted by Gasteiger charge is 2.28. The van der Waals surface area contributed by atoms with Crippen LogP contribution in [-0.2, 0) is 51.4 Å². The maximum atomic E-state index is 14.1. The summed E-state index contributed by atoms with van der Waals surface area (Å²) in [4.78, 5) is 0. The van der Waals surface area contributed by atoms with Gasteiger partial charge in [-0.05, 0) is 253 Å². The normalized spacial score (nSPS) is 16.7. The van der Waals surface area contributed by atoms with Crippen molar-refractivity contribution in [1.29, 1.82) is 0 Å². The highest BCUT2D eigenvalue weighted by molar-refractivity contribution is 5.49. The number of benzene rings is 8. The minimum absolute atomic E-state index is 0.0149. The predicted octanol–water partition coefficient (Wildman–Crippen LogP) is 13.9. The number of halogens is 6. The van der Waals surface area contributed by atoms with Gasteiger partial charge in [-0.25, -0.2) is 26.3 Å². The Kier molecular flexibility index (Phi) is 18.8. The Balaban J connectivity index is 0.000000126. The van der Waals surface area contributed by atoms with Crippen molar-refractivity contribution in [3.8, 4) is 0 Å². The van der Waals surface area contributed by atoms with E-state index in [2.05, 4.69) is 54.6 Å². The largest absolute Gasteiger partial charge is 0.330 e. The lowest BCUT2D eigenvalue weighted by Gasteiger charge is -2.20. The summed E-state index contributed by atoms with van der Waals surface area (Å²) in [6.07, 6.45) is 9.94. The van der Waals surface area contributed by atoms with Crippen LogP contribution in [0.1, 0.15) is 138 Å². The topological polar surface area (TPSA) is 104 Å². The summed E-state index contributed by atoms with van der Waals surface area (Å²) < 4.78 is 82.5. The number of fused-ring (bicyclic) bond motifs is 8. The fourth-order valence-corrected chi connectivity index (χ4v) is 12.6. The Bertz CT molecular complexity index is 3240. The number of hydrogen-bond donors (Lipinski definition) is 4. The van der Waals surface area contributed by atoms with Gasteiger partial charge in [0.05, 0.1) is 0 Å². The van der Waals surface area contributed by atoms with Gasteiger partial charge >= 0.3 is 0 Å². The van der Waals surface area contributed by atoms with Crippen LogP contribution in [0, 0.1) is 34.9 Å². The maximum Gasteiger partial charge on any atom is 0.126 e. The van der Waals surface area contributed by atoms with Gasteiger partial charge in [0.25, 0.3) is 0 Å². The molecule has 8 N–H and O–H groups in total. The molecule has 8 aromatic rings. The first-order valence-electron chi connectivity index (χ1n) is 27.6. The fraction of sp³-hybridized carbons (Fsp3) is 0.294. The molecule has 4 nitrogen and oxygen atoms in total. The van der Waals surface area contributed by atoms with Crippen molar-refractivity contribution in [2.45, 2.75) is 101 Å². The average Bonchev–Trinajstić information content (AvgIpc) is 3.90. The number of hydrogen-bond acceptors (Lipinski definition) is 4. The van der Waals surface area contributed by atoms with Crippen molar-refractivity contribution in [3.63, 3.8) is 0 Å². The van der Waals surface area contributed by atoms with E-state index < -0.39 is 0 Å². The van der Waals surface area contributed by atoms with Gasteiger partial charge in [0.1, 0.15) is 34.9 Å². The van der Waals surface area contributed by atoms with Crippen molar-refractivity contribution < 1.29 is 26.3 Å². The van der Waals surface area contributed by atoms with Crippen LogP contribution >= 0.6 is 0 Å². The van der Waals surface area contributed by atoms with Crippen LogP contribution in [0.25, 0.3) is 0 Å². The summed E-state index contributed by atoms with van der Waals surface area (Å²) >= 11 is 0. The van der Waals surface area contributed by atoms with E-state index in [1.54, 1.807) is 42.5 Å². The molecular formula is C68H70F6N4. The quantitative estimate of drug-likeness (QED) is 0.114. The molecule has 10 heteroatoms. The molecule has 12 rings (SSSR count). The summed E-state index contributed by atoms with van der Waals surface area (Å²) in [5.41, 5.74) is 40.6. The van der Waals surface area contributed by atoms with E-state index in [0.717, 1.165) is 119 Å². The van der Waals surface area contributed by atoms with Gasteiger partial charge in [-0.2, -0.15) is 0 Å². The molecule has 4 aliphatic carbocycles. The summed E-state index contributed by atoms with van der Waals surface area (Å²) in [6.45, 7) is 2.23. The molecule has 0 spiro atoms. The van der Waals surface area contributed by atoms with Crippen molar-refractivity contribution in [3.05, 3.63) is 282 Å². The van der Waals surface area contributed by atoms with Crippen molar-refractivity contribution in [2.24, 2.45) is 22.9 Å². The molecule has 0 saturated heterocycles. The van der Waals surface area contributed by atoms with E-state index in [4.69, 9.17) is 22.9 Å². The van der Waals surface area contributed by atoms with Gasteiger partial charge in [-0.1, -0.05) is 97.1 Å². The van der Waals surface area contributed by atoms with Crippen LogP contribution < -0.4 is 22.9 Å². The van der Waals surface area contributed by atoms with E-state index in [0.29, 0.717) is 45.4 Å². The molecule has 8 aromatic carbocycles. The minimum Gasteiger partial charge on any atom is -0.330 e. The molecule has 0 fully saturated rings. The number of aryl methyl sites for hydroxylation is 6. The Labute approximate surface area is 455 Å². The zero-order valence-corrected chi connectivity index (χ0v) is 44.2. The zero-order chi connectivity index (χ0) is 54.7. The van der Waals surface area contributed by atoms with Gasteiger partial charge < -0.3 is 22.9 Å². The third-order valence-corrected chi connectivity index (χ3v) is 16.3. The molecule has 404 valence electrons. The van der Waals surface area contributed by atoms with Gasteiger partial charge in [-0.15, -0.1) is 0 Å². The molecule has 0 saturated carbocycles. The third-order valence-electron chi connectivity index (χ3n) is 16.3. The molecule has 4 aliphatic rings. The molecule has 0 aromatic heterocycles. The summed E-state index contributed by atoms with van der Waals surface area (Å²) in [6, 6.07) is 47.4. The standard InChI is InChI=1S/2C17H17F2N.2C17H18FN/c18-13-5-3-11-1-2-12-4-6-14(19)10-17(12)15(7-8-20)16(11)9-13;18-12-6-4-11-5-7-15-13(2-1-3-17(15)19)14(8-9-20)16(11)10-12;18-17-7-3-6-14-15(10-11-19)13-5-2-1-4-12(13)8-9-16(14)17;18-14-8-7-13-6-5-12-3-1-2-4-15(12)16(9-10-19)17(13)11-14/h3-6,9-10,15H,1-2,7-8,20H2;1-4,6,10,14H,5,7-9,20H2;1-7,15H,8-11,19H2;1-4,7-8,11,16H,5-6,9-10,19H2. The van der Waals surface area contributed by atoms with Crippen LogP contribution in [0.15, 0.2) is 158 Å². The van der Waals surface area contributed by atoms with Crippen molar-refractivity contribution in [2.75, 3.05) is 26.2 Å². The van der Waals surface area contributed by atoms with Crippen molar-refractivity contribution in [1.82, 2.24) is 0 Å². The lowest BCUT2D eigenvalue weighted by Crippen LogP contribution is -2.11. The number of nitrogens with two attached hydrogens (primary N) is 4. The smallest absolute Gasteiger partial charge is 0.126 e. The zero-order valence-electron chi connectivity index (χ0n) is 44.2. The van der Waals surface area contributed by atoms with Crippen LogP contribution in [-0.4, -0.2) is 26.2 Å². The SMILES string of the molecule is NCCC1c2cc(F)ccc2CCc2c(F)cccc21.NCCC1c2cc(F)ccc2CCc2ccc(F)cc21.NCCC1c2ccccc2CCc2c(F)cccc21.NCCC1c2ccccc2CCc2ccc(F)cc21. The summed E-state index contributed by atoms with van der Waals surface area (Å²) in [5.74, 6) is -0.700. The Morgan fingerprint density at radius 2 is 0.526 bits per heavy atom. The first kappa shape index (κ1) is 55.9. The first-order valence-corrected chi connectivity index (χ1v) is 27.6. The predicted molar refractivity (Wildman–Crippen MR) is 303 cm³/mol. The molecule has 78 heavy (non-hydrogen) atoms. The van der Waals surface area contributed by atoms with Crippen LogP contribution in [0.2, 0.25) is 0 Å². The molecule has 0 heterocycles. The van der Waals surface area contributed by atoms with Gasteiger partial charge in [0.2, 0.25) is 0 Å². The molecule has 0 radical (unpaired) electrons. The highest BCUT2D eigenvalue weighted by atomic mass is 19.1. The van der Waals surface area contributed by atoms with E-state index in [-0.39, 0.29) is 58.6 Å². The lowest BCUT2D eigenvalue weighted by atomic mass is 9.85. The van der Waals surface area contributed by atoms with E-state index >= 15 is 0 Å². The maximum absolute atomic E-state index is 14.1. The molecule has 3 atom stereocenters. The second kappa shape index (κ2) is 26.2. The van der Waals surface area contributed by atoms with Gasteiger partial charge in [-0.3, -0.25) is 0 Å². The lowest BCUT2D eigenvalue weighted by molar-refractivity contribution is 0.601. The minimum atomic E-state index is -0.245. The summed E-state index contributed by atoms with van der Waals surface area (Å²) in [7, 11) is 0. The number of rotatable bonds is 8. The third kappa shape index (κ3) is 12.7. The molecular weight excluding hydrogens is 987 g/mol. The second-order valence-corrected chi connectivity index (χ2v) is 20.9. The average molecular weight is 1060 g/mol.